The van der Waals surface area contributed by atoms with Gasteiger partial charge < -0.3 is 4.90 Å². The Morgan fingerprint density at radius 3 is 2.90 bits per heavy atom. The molecule has 1 saturated heterocycles. The fraction of sp³-hybridized carbons (Fsp3) is 0.857. The molecular formula is C7H12BrNO. The van der Waals surface area contributed by atoms with Gasteiger partial charge >= 0.3 is 0 Å². The van der Waals surface area contributed by atoms with Gasteiger partial charge in [-0.15, -0.1) is 0 Å². The Labute approximate surface area is 69.7 Å². The second-order valence-electron chi connectivity index (χ2n) is 2.71. The van der Waals surface area contributed by atoms with Gasteiger partial charge in [-0.1, -0.05) is 15.9 Å². The second-order valence-corrected chi connectivity index (χ2v) is 3.27. The highest BCUT2D eigenvalue weighted by atomic mass is 79.9. The SMILES string of the molecule is C[C@@H]1CCCN1C(=O)CBr. The first kappa shape index (κ1) is 8.05. The van der Waals surface area contributed by atoms with E-state index in [2.05, 4.69) is 22.9 Å². The van der Waals surface area contributed by atoms with Crippen LogP contribution in [0.5, 0.6) is 0 Å². The average molecular weight is 206 g/mol. The summed E-state index contributed by atoms with van der Waals surface area (Å²) in [5.41, 5.74) is 0. The Morgan fingerprint density at radius 1 is 1.80 bits per heavy atom. The molecule has 1 rings (SSSR count). The predicted molar refractivity (Wildman–Crippen MR) is 44.2 cm³/mol. The number of nitrogens with zero attached hydrogens (tertiary/aromatic N) is 1. The van der Waals surface area contributed by atoms with Crippen LogP contribution in [0.3, 0.4) is 0 Å². The molecule has 0 radical (unpaired) electrons. The lowest BCUT2D eigenvalue weighted by Gasteiger charge is -2.19. The molecule has 1 heterocycles. The number of hydrogen-bond donors (Lipinski definition) is 0. The van der Waals surface area contributed by atoms with Gasteiger partial charge in [0.15, 0.2) is 0 Å². The molecule has 3 heteroatoms. The Bertz CT molecular complexity index is 138. The molecule has 10 heavy (non-hydrogen) atoms. The van der Waals surface area contributed by atoms with Crippen LogP contribution in [-0.2, 0) is 4.79 Å². The lowest BCUT2D eigenvalue weighted by Crippen LogP contribution is -2.34. The first-order chi connectivity index (χ1) is 4.75. The summed E-state index contributed by atoms with van der Waals surface area (Å²) >= 11 is 3.16. The largest absolute Gasteiger partial charge is 0.339 e. The van der Waals surface area contributed by atoms with E-state index >= 15 is 0 Å². The second kappa shape index (κ2) is 3.37. The monoisotopic (exact) mass is 205 g/mol. The average Bonchev–Trinajstić information content (AvgIpc) is 2.34. The summed E-state index contributed by atoms with van der Waals surface area (Å²) in [5, 5.41) is 0.470. The minimum absolute atomic E-state index is 0.227. The van der Waals surface area contributed by atoms with E-state index in [1.165, 1.54) is 12.8 Å². The van der Waals surface area contributed by atoms with Crippen LogP contribution in [0.15, 0.2) is 0 Å². The van der Waals surface area contributed by atoms with Crippen molar-refractivity contribution in [1.29, 1.82) is 0 Å². The van der Waals surface area contributed by atoms with E-state index in [1.54, 1.807) is 0 Å². The molecule has 0 aromatic rings. The summed E-state index contributed by atoms with van der Waals surface area (Å²) in [6, 6.07) is 0.463. The zero-order valence-electron chi connectivity index (χ0n) is 6.14. The third kappa shape index (κ3) is 1.51. The van der Waals surface area contributed by atoms with Crippen molar-refractivity contribution in [2.45, 2.75) is 25.8 Å². The number of hydrogen-bond acceptors (Lipinski definition) is 1. The molecule has 0 N–H and O–H groups in total. The smallest absolute Gasteiger partial charge is 0.233 e. The summed E-state index contributed by atoms with van der Waals surface area (Å²) in [5.74, 6) is 0.227. The van der Waals surface area contributed by atoms with Gasteiger partial charge in [0.1, 0.15) is 0 Å². The summed E-state index contributed by atoms with van der Waals surface area (Å²) in [4.78, 5) is 13.0. The van der Waals surface area contributed by atoms with Crippen LogP contribution in [0.2, 0.25) is 0 Å². The lowest BCUT2D eigenvalue weighted by molar-refractivity contribution is -0.128. The van der Waals surface area contributed by atoms with Gasteiger partial charge in [-0.25, -0.2) is 0 Å². The van der Waals surface area contributed by atoms with Gasteiger partial charge in [-0.3, -0.25) is 4.79 Å². The van der Waals surface area contributed by atoms with Crippen LogP contribution in [0.1, 0.15) is 19.8 Å². The van der Waals surface area contributed by atoms with E-state index < -0.39 is 0 Å². The van der Waals surface area contributed by atoms with Gasteiger partial charge in [-0.05, 0) is 19.8 Å². The molecule has 0 spiro atoms. The Morgan fingerprint density at radius 2 is 2.50 bits per heavy atom. The highest BCUT2D eigenvalue weighted by Gasteiger charge is 2.23. The molecule has 1 fully saturated rings. The maximum absolute atomic E-state index is 11.1. The quantitative estimate of drug-likeness (QED) is 0.593. The van der Waals surface area contributed by atoms with Gasteiger partial charge in [-0.2, -0.15) is 0 Å². The van der Waals surface area contributed by atoms with Gasteiger partial charge in [0, 0.05) is 12.6 Å². The molecule has 0 aromatic carbocycles. The van der Waals surface area contributed by atoms with Crippen LogP contribution in [-0.4, -0.2) is 28.7 Å². The van der Waals surface area contributed by atoms with Gasteiger partial charge in [0.05, 0.1) is 5.33 Å². The predicted octanol–water partition coefficient (Wildman–Crippen LogP) is 1.39. The highest BCUT2D eigenvalue weighted by molar-refractivity contribution is 9.09. The molecule has 1 atom stereocenters. The summed E-state index contributed by atoms with van der Waals surface area (Å²) in [6.07, 6.45) is 2.33. The summed E-state index contributed by atoms with van der Waals surface area (Å²) in [6.45, 7) is 3.05. The minimum atomic E-state index is 0.227. The number of rotatable bonds is 1. The van der Waals surface area contributed by atoms with Crippen LogP contribution in [0, 0.1) is 0 Å². The van der Waals surface area contributed by atoms with Crippen molar-refractivity contribution < 1.29 is 4.79 Å². The topological polar surface area (TPSA) is 20.3 Å². The van der Waals surface area contributed by atoms with Crippen molar-refractivity contribution in [3.63, 3.8) is 0 Å². The van der Waals surface area contributed by atoms with Gasteiger partial charge in [0.2, 0.25) is 5.91 Å². The van der Waals surface area contributed by atoms with Crippen molar-refractivity contribution in [1.82, 2.24) is 4.90 Å². The summed E-state index contributed by atoms with van der Waals surface area (Å²) in [7, 11) is 0. The number of amides is 1. The van der Waals surface area contributed by atoms with Crippen molar-refractivity contribution in [2.75, 3.05) is 11.9 Å². The molecule has 0 aromatic heterocycles. The van der Waals surface area contributed by atoms with E-state index in [0.717, 1.165) is 6.54 Å². The molecule has 0 saturated carbocycles. The highest BCUT2D eigenvalue weighted by Crippen LogP contribution is 2.16. The molecular weight excluding hydrogens is 194 g/mol. The Balaban J connectivity index is 2.46. The third-order valence-corrected chi connectivity index (χ3v) is 2.47. The fourth-order valence-electron chi connectivity index (χ4n) is 1.38. The maximum Gasteiger partial charge on any atom is 0.233 e. The number of carbonyl (C=O) groups is 1. The van der Waals surface area contributed by atoms with Crippen LogP contribution < -0.4 is 0 Å². The third-order valence-electron chi connectivity index (χ3n) is 1.99. The van der Waals surface area contributed by atoms with Crippen molar-refractivity contribution in [2.24, 2.45) is 0 Å². The van der Waals surface area contributed by atoms with Crippen LogP contribution >= 0.6 is 15.9 Å². The Kier molecular flexibility index (Phi) is 2.72. The zero-order valence-corrected chi connectivity index (χ0v) is 7.73. The van der Waals surface area contributed by atoms with E-state index in [1.807, 2.05) is 4.90 Å². The van der Waals surface area contributed by atoms with Crippen LogP contribution in [0.25, 0.3) is 0 Å². The fourth-order valence-corrected chi connectivity index (χ4v) is 1.70. The molecule has 0 unspecified atom stereocenters. The number of carbonyl (C=O) groups excluding carboxylic acids is 1. The summed E-state index contributed by atoms with van der Waals surface area (Å²) < 4.78 is 0. The van der Waals surface area contributed by atoms with E-state index in [0.29, 0.717) is 11.4 Å². The molecule has 1 aliphatic heterocycles. The van der Waals surface area contributed by atoms with E-state index in [9.17, 15) is 4.79 Å². The van der Waals surface area contributed by atoms with Crippen LogP contribution in [0.4, 0.5) is 0 Å². The molecule has 58 valence electrons. The molecule has 0 aliphatic carbocycles. The van der Waals surface area contributed by atoms with Crippen molar-refractivity contribution >= 4 is 21.8 Å². The normalized spacial score (nSPS) is 25.4. The van der Waals surface area contributed by atoms with Crippen molar-refractivity contribution in [3.05, 3.63) is 0 Å². The Hall–Kier alpha value is -0.0500. The number of alkyl halides is 1. The lowest BCUT2D eigenvalue weighted by atomic mass is 10.2. The molecule has 1 aliphatic rings. The number of halogens is 1. The van der Waals surface area contributed by atoms with Gasteiger partial charge in [0.25, 0.3) is 0 Å². The zero-order chi connectivity index (χ0) is 7.56. The van der Waals surface area contributed by atoms with Crippen molar-refractivity contribution in [3.8, 4) is 0 Å². The number of likely N-dealkylation sites (tertiary alicyclic amines) is 1. The standard InChI is InChI=1S/C7H12BrNO/c1-6-3-2-4-9(6)7(10)5-8/h6H,2-5H2,1H3/t6-/m1/s1. The maximum atomic E-state index is 11.1. The minimum Gasteiger partial charge on any atom is -0.339 e. The first-order valence-corrected chi connectivity index (χ1v) is 4.73. The first-order valence-electron chi connectivity index (χ1n) is 3.61. The molecule has 0 bridgehead atoms. The van der Waals surface area contributed by atoms with E-state index in [-0.39, 0.29) is 5.91 Å². The molecule has 1 amide bonds. The molecule has 2 nitrogen and oxygen atoms in total. The van der Waals surface area contributed by atoms with E-state index in [4.69, 9.17) is 0 Å².